The SMILES string of the molecule is Cc1nc(SCC(=O)O)c2cc(C)[nH]c2n1. The first kappa shape index (κ1) is 10.9. The summed E-state index contributed by atoms with van der Waals surface area (Å²) in [6, 6.07) is 1.93. The summed E-state index contributed by atoms with van der Waals surface area (Å²) in [6.45, 7) is 3.73. The summed E-state index contributed by atoms with van der Waals surface area (Å²) in [5.41, 5.74) is 1.75. The molecule has 0 radical (unpaired) electrons. The second kappa shape index (κ2) is 4.13. The van der Waals surface area contributed by atoms with Gasteiger partial charge in [0.25, 0.3) is 0 Å². The molecule has 2 rings (SSSR count). The van der Waals surface area contributed by atoms with Crippen LogP contribution >= 0.6 is 11.8 Å². The smallest absolute Gasteiger partial charge is 0.313 e. The van der Waals surface area contributed by atoms with E-state index in [9.17, 15) is 4.79 Å². The van der Waals surface area contributed by atoms with Crippen molar-refractivity contribution in [2.24, 2.45) is 0 Å². The average molecular weight is 237 g/mol. The fraction of sp³-hybridized carbons (Fsp3) is 0.300. The van der Waals surface area contributed by atoms with Gasteiger partial charge in [-0.15, -0.1) is 0 Å². The summed E-state index contributed by atoms with van der Waals surface area (Å²) >= 11 is 1.21. The van der Waals surface area contributed by atoms with Crippen LogP contribution in [0, 0.1) is 13.8 Å². The largest absolute Gasteiger partial charge is 0.481 e. The van der Waals surface area contributed by atoms with E-state index in [2.05, 4.69) is 15.0 Å². The van der Waals surface area contributed by atoms with E-state index < -0.39 is 5.97 Å². The number of aryl methyl sites for hydroxylation is 2. The molecule has 0 aromatic carbocycles. The van der Waals surface area contributed by atoms with E-state index in [0.717, 1.165) is 16.7 Å². The van der Waals surface area contributed by atoms with Crippen molar-refractivity contribution in [1.82, 2.24) is 15.0 Å². The molecule has 0 aliphatic heterocycles. The third-order valence-corrected chi connectivity index (χ3v) is 3.01. The number of thioether (sulfide) groups is 1. The Hall–Kier alpha value is -1.56. The van der Waals surface area contributed by atoms with E-state index in [-0.39, 0.29) is 5.75 Å². The van der Waals surface area contributed by atoms with Gasteiger partial charge in [0.05, 0.1) is 11.1 Å². The van der Waals surface area contributed by atoms with E-state index in [4.69, 9.17) is 5.11 Å². The minimum absolute atomic E-state index is 0.00970. The first-order valence-electron chi connectivity index (χ1n) is 4.75. The van der Waals surface area contributed by atoms with Crippen molar-refractivity contribution < 1.29 is 9.90 Å². The highest BCUT2D eigenvalue weighted by Crippen LogP contribution is 2.25. The van der Waals surface area contributed by atoms with Crippen molar-refractivity contribution in [1.29, 1.82) is 0 Å². The fourth-order valence-electron chi connectivity index (χ4n) is 1.46. The minimum atomic E-state index is -0.846. The van der Waals surface area contributed by atoms with Gasteiger partial charge in [-0.25, -0.2) is 9.97 Å². The maximum atomic E-state index is 10.5. The normalized spacial score (nSPS) is 10.9. The van der Waals surface area contributed by atoms with Crippen LogP contribution in [0.3, 0.4) is 0 Å². The highest BCUT2D eigenvalue weighted by molar-refractivity contribution is 8.00. The Morgan fingerprint density at radius 2 is 2.25 bits per heavy atom. The Balaban J connectivity index is 2.45. The molecule has 0 spiro atoms. The molecule has 0 fully saturated rings. The van der Waals surface area contributed by atoms with Crippen molar-refractivity contribution in [3.8, 4) is 0 Å². The molecule has 2 aromatic heterocycles. The number of aromatic nitrogens is 3. The number of carboxylic acids is 1. The number of fused-ring (bicyclic) bond motifs is 1. The molecule has 2 aromatic rings. The molecule has 0 saturated carbocycles. The molecule has 0 aliphatic carbocycles. The van der Waals surface area contributed by atoms with Crippen LogP contribution in [0.4, 0.5) is 0 Å². The van der Waals surface area contributed by atoms with Gasteiger partial charge in [0, 0.05) is 5.69 Å². The lowest BCUT2D eigenvalue weighted by Gasteiger charge is -2.01. The van der Waals surface area contributed by atoms with E-state index in [1.807, 2.05) is 13.0 Å². The molecule has 0 atom stereocenters. The molecule has 0 bridgehead atoms. The number of H-pyrrole nitrogens is 1. The lowest BCUT2D eigenvalue weighted by molar-refractivity contribution is -0.133. The molecule has 0 amide bonds. The van der Waals surface area contributed by atoms with Gasteiger partial charge in [-0.05, 0) is 19.9 Å². The molecule has 0 aliphatic rings. The predicted octanol–water partition coefficient (Wildman–Crippen LogP) is 1.75. The van der Waals surface area contributed by atoms with Crippen molar-refractivity contribution >= 4 is 28.8 Å². The summed E-state index contributed by atoms with van der Waals surface area (Å²) in [5, 5.41) is 10.2. The molecule has 0 unspecified atom stereocenters. The van der Waals surface area contributed by atoms with Gasteiger partial charge in [0.1, 0.15) is 16.5 Å². The molecule has 84 valence electrons. The highest BCUT2D eigenvalue weighted by atomic mass is 32.2. The number of hydrogen-bond donors (Lipinski definition) is 2. The van der Waals surface area contributed by atoms with E-state index in [0.29, 0.717) is 10.9 Å². The molecule has 6 heteroatoms. The molecule has 2 N–H and O–H groups in total. The van der Waals surface area contributed by atoms with Gasteiger partial charge in [-0.1, -0.05) is 11.8 Å². The summed E-state index contributed by atoms with van der Waals surface area (Å²) < 4.78 is 0. The summed E-state index contributed by atoms with van der Waals surface area (Å²) in [6.07, 6.45) is 0. The second-order valence-electron chi connectivity index (χ2n) is 3.47. The van der Waals surface area contributed by atoms with Gasteiger partial charge >= 0.3 is 5.97 Å². The minimum Gasteiger partial charge on any atom is -0.481 e. The van der Waals surface area contributed by atoms with Crippen LogP contribution < -0.4 is 0 Å². The first-order chi connectivity index (χ1) is 7.56. The van der Waals surface area contributed by atoms with Gasteiger partial charge in [-0.3, -0.25) is 4.79 Å². The maximum absolute atomic E-state index is 10.5. The summed E-state index contributed by atoms with van der Waals surface area (Å²) in [5.74, 6) is -0.195. The number of aromatic amines is 1. The number of aliphatic carboxylic acids is 1. The zero-order valence-electron chi connectivity index (χ0n) is 8.94. The predicted molar refractivity (Wildman–Crippen MR) is 61.7 cm³/mol. The van der Waals surface area contributed by atoms with Crippen molar-refractivity contribution in [3.05, 3.63) is 17.6 Å². The van der Waals surface area contributed by atoms with Crippen molar-refractivity contribution in [2.75, 3.05) is 5.75 Å². The van der Waals surface area contributed by atoms with Crippen LogP contribution in [0.25, 0.3) is 11.0 Å². The Morgan fingerprint density at radius 3 is 2.94 bits per heavy atom. The quantitative estimate of drug-likeness (QED) is 0.628. The molecule has 2 heterocycles. The molecular weight excluding hydrogens is 226 g/mol. The number of nitrogens with one attached hydrogen (secondary N) is 1. The number of rotatable bonds is 3. The highest BCUT2D eigenvalue weighted by Gasteiger charge is 2.10. The average Bonchev–Trinajstić information content (AvgIpc) is 2.54. The van der Waals surface area contributed by atoms with E-state index in [1.54, 1.807) is 6.92 Å². The van der Waals surface area contributed by atoms with Crippen LogP contribution in [0.1, 0.15) is 11.5 Å². The Bertz CT molecular complexity index is 550. The third-order valence-electron chi connectivity index (χ3n) is 2.03. The van der Waals surface area contributed by atoms with Crippen LogP contribution in [-0.2, 0) is 4.79 Å². The topological polar surface area (TPSA) is 78.9 Å². The zero-order valence-corrected chi connectivity index (χ0v) is 9.76. The summed E-state index contributed by atoms with van der Waals surface area (Å²) in [7, 11) is 0. The van der Waals surface area contributed by atoms with Gasteiger partial charge in [0.15, 0.2) is 0 Å². The summed E-state index contributed by atoms with van der Waals surface area (Å²) in [4.78, 5) is 22.2. The third kappa shape index (κ3) is 2.16. The molecule has 0 saturated heterocycles. The van der Waals surface area contributed by atoms with Crippen LogP contribution in [0.5, 0.6) is 0 Å². The number of carbonyl (C=O) groups is 1. The van der Waals surface area contributed by atoms with Gasteiger partial charge < -0.3 is 10.1 Å². The second-order valence-corrected chi connectivity index (χ2v) is 4.44. The standard InChI is InChI=1S/C10H11N3O2S/c1-5-3-7-9(11-5)12-6(2)13-10(7)16-4-8(14)15/h3H,4H2,1-2H3,(H,14,15)(H,11,12,13). The fourth-order valence-corrected chi connectivity index (χ4v) is 2.23. The Morgan fingerprint density at radius 1 is 1.50 bits per heavy atom. The lowest BCUT2D eigenvalue weighted by Crippen LogP contribution is -1.99. The van der Waals surface area contributed by atoms with Crippen LogP contribution in [0.15, 0.2) is 11.1 Å². The monoisotopic (exact) mass is 237 g/mol. The van der Waals surface area contributed by atoms with Crippen LogP contribution in [-0.4, -0.2) is 31.8 Å². The first-order valence-corrected chi connectivity index (χ1v) is 5.73. The van der Waals surface area contributed by atoms with Gasteiger partial charge in [0.2, 0.25) is 0 Å². The number of hydrogen-bond acceptors (Lipinski definition) is 4. The van der Waals surface area contributed by atoms with E-state index in [1.165, 1.54) is 11.8 Å². The van der Waals surface area contributed by atoms with E-state index >= 15 is 0 Å². The van der Waals surface area contributed by atoms with Crippen molar-refractivity contribution in [2.45, 2.75) is 18.9 Å². The van der Waals surface area contributed by atoms with Gasteiger partial charge in [-0.2, -0.15) is 0 Å². The maximum Gasteiger partial charge on any atom is 0.313 e. The Labute approximate surface area is 96.3 Å². The number of nitrogens with zero attached hydrogens (tertiary/aromatic N) is 2. The molecular formula is C10H11N3O2S. The Kier molecular flexibility index (Phi) is 2.82. The number of carboxylic acid groups (broad SMARTS) is 1. The zero-order chi connectivity index (χ0) is 11.7. The van der Waals surface area contributed by atoms with Crippen LogP contribution in [0.2, 0.25) is 0 Å². The molecule has 16 heavy (non-hydrogen) atoms. The van der Waals surface area contributed by atoms with Crippen molar-refractivity contribution in [3.63, 3.8) is 0 Å². The molecule has 5 nitrogen and oxygen atoms in total. The lowest BCUT2D eigenvalue weighted by atomic mass is 10.4.